The molecular weight excluding hydrogens is 444 g/mol. The third-order valence-corrected chi connectivity index (χ3v) is 6.38. The SMILES string of the molecule is O=C(Nc1cc(-c2cccc3[nH]ccc23)cc2[nH]ncc12)c1ccccc1-c1ccccc1Cl. The molecule has 0 atom stereocenters. The number of nitrogens with one attached hydrogen (secondary N) is 3. The summed E-state index contributed by atoms with van der Waals surface area (Å²) in [6, 6.07) is 27.2. The number of rotatable bonds is 4. The first-order valence-electron chi connectivity index (χ1n) is 10.9. The molecule has 34 heavy (non-hydrogen) atoms. The molecule has 2 heterocycles. The van der Waals surface area contributed by atoms with Crippen LogP contribution in [-0.4, -0.2) is 21.1 Å². The van der Waals surface area contributed by atoms with Gasteiger partial charge in [0.15, 0.2) is 0 Å². The van der Waals surface area contributed by atoms with Crippen molar-refractivity contribution in [2.24, 2.45) is 0 Å². The van der Waals surface area contributed by atoms with E-state index in [9.17, 15) is 4.79 Å². The highest BCUT2D eigenvalue weighted by molar-refractivity contribution is 6.33. The number of hydrogen-bond acceptors (Lipinski definition) is 2. The van der Waals surface area contributed by atoms with Gasteiger partial charge >= 0.3 is 0 Å². The molecule has 2 aromatic heterocycles. The Labute approximate surface area is 200 Å². The maximum absolute atomic E-state index is 13.5. The van der Waals surface area contributed by atoms with Crippen molar-refractivity contribution in [3.05, 3.63) is 108 Å². The smallest absolute Gasteiger partial charge is 0.256 e. The summed E-state index contributed by atoms with van der Waals surface area (Å²) in [5.74, 6) is -0.213. The van der Waals surface area contributed by atoms with Crippen molar-refractivity contribution >= 4 is 45.0 Å². The van der Waals surface area contributed by atoms with Crippen molar-refractivity contribution in [1.82, 2.24) is 15.2 Å². The van der Waals surface area contributed by atoms with E-state index in [1.807, 2.05) is 72.9 Å². The minimum Gasteiger partial charge on any atom is -0.361 e. The molecule has 0 aliphatic rings. The second-order valence-electron chi connectivity index (χ2n) is 8.08. The van der Waals surface area contributed by atoms with Gasteiger partial charge in [-0.05, 0) is 53.1 Å². The maximum atomic E-state index is 13.5. The van der Waals surface area contributed by atoms with Crippen molar-refractivity contribution in [3.8, 4) is 22.3 Å². The summed E-state index contributed by atoms with van der Waals surface area (Å²) in [6.45, 7) is 0. The Kier molecular flexibility index (Phi) is 4.90. The topological polar surface area (TPSA) is 73.6 Å². The number of nitrogens with zero attached hydrogens (tertiary/aromatic N) is 1. The number of aromatic nitrogens is 3. The molecule has 6 rings (SSSR count). The molecule has 164 valence electrons. The van der Waals surface area contributed by atoms with E-state index < -0.39 is 0 Å². The van der Waals surface area contributed by atoms with Crippen molar-refractivity contribution in [1.29, 1.82) is 0 Å². The molecule has 3 N–H and O–H groups in total. The fraction of sp³-hybridized carbons (Fsp3) is 0. The van der Waals surface area contributed by atoms with Crippen LogP contribution < -0.4 is 5.32 Å². The van der Waals surface area contributed by atoms with Crippen molar-refractivity contribution in [2.75, 3.05) is 5.32 Å². The van der Waals surface area contributed by atoms with Gasteiger partial charge in [0.1, 0.15) is 0 Å². The fourth-order valence-corrected chi connectivity index (χ4v) is 4.67. The van der Waals surface area contributed by atoms with E-state index in [0.717, 1.165) is 44.1 Å². The first-order valence-corrected chi connectivity index (χ1v) is 11.3. The number of H-pyrrole nitrogens is 2. The Balaban J connectivity index is 1.45. The number of benzene rings is 4. The Morgan fingerprint density at radius 3 is 2.47 bits per heavy atom. The minimum atomic E-state index is -0.213. The van der Waals surface area contributed by atoms with Crippen LogP contribution in [0.3, 0.4) is 0 Å². The first-order chi connectivity index (χ1) is 16.7. The quantitative estimate of drug-likeness (QED) is 0.257. The molecule has 6 heteroatoms. The monoisotopic (exact) mass is 462 g/mol. The van der Waals surface area contributed by atoms with Gasteiger partial charge in [-0.2, -0.15) is 5.10 Å². The summed E-state index contributed by atoms with van der Waals surface area (Å²) in [5.41, 5.74) is 6.79. The molecule has 6 aromatic rings. The van der Waals surface area contributed by atoms with Crippen molar-refractivity contribution in [3.63, 3.8) is 0 Å². The summed E-state index contributed by atoms with van der Waals surface area (Å²) in [5, 5.41) is 12.9. The number of halogens is 1. The van der Waals surface area contributed by atoms with Gasteiger partial charge in [0.05, 0.1) is 17.4 Å². The third kappa shape index (κ3) is 3.43. The van der Waals surface area contributed by atoms with E-state index in [4.69, 9.17) is 11.6 Å². The fourth-order valence-electron chi connectivity index (χ4n) is 4.43. The van der Waals surface area contributed by atoms with Crippen LogP contribution >= 0.6 is 11.6 Å². The number of aromatic amines is 2. The normalized spacial score (nSPS) is 11.2. The molecular formula is C28H19ClN4O. The zero-order valence-electron chi connectivity index (χ0n) is 18.0. The highest BCUT2D eigenvalue weighted by Gasteiger charge is 2.17. The molecule has 4 aromatic carbocycles. The van der Waals surface area contributed by atoms with E-state index in [1.54, 1.807) is 6.20 Å². The van der Waals surface area contributed by atoms with Crippen LogP contribution in [0.25, 0.3) is 44.1 Å². The van der Waals surface area contributed by atoms with Crippen LogP contribution in [0.2, 0.25) is 5.02 Å². The van der Waals surface area contributed by atoms with Gasteiger partial charge in [0.25, 0.3) is 5.91 Å². The molecule has 0 aliphatic carbocycles. The summed E-state index contributed by atoms with van der Waals surface area (Å²) in [4.78, 5) is 16.8. The average Bonchev–Trinajstić information content (AvgIpc) is 3.54. The number of fused-ring (bicyclic) bond motifs is 2. The lowest BCUT2D eigenvalue weighted by molar-refractivity contribution is 0.102. The lowest BCUT2D eigenvalue weighted by Crippen LogP contribution is -2.13. The lowest BCUT2D eigenvalue weighted by Gasteiger charge is -2.13. The van der Waals surface area contributed by atoms with Gasteiger partial charge in [-0.3, -0.25) is 9.89 Å². The molecule has 0 unspecified atom stereocenters. The number of anilines is 1. The van der Waals surface area contributed by atoms with Gasteiger partial charge in [0, 0.05) is 38.6 Å². The highest BCUT2D eigenvalue weighted by atomic mass is 35.5. The van der Waals surface area contributed by atoms with Gasteiger partial charge in [-0.1, -0.05) is 60.1 Å². The highest BCUT2D eigenvalue weighted by Crippen LogP contribution is 2.35. The number of amides is 1. The zero-order chi connectivity index (χ0) is 23.1. The van der Waals surface area contributed by atoms with Crippen LogP contribution in [0.5, 0.6) is 0 Å². The predicted molar refractivity (Wildman–Crippen MR) is 138 cm³/mol. The standard InChI is InChI=1S/C28H19ClN4O/c29-24-10-4-3-7-20(24)19-6-1-2-8-22(19)28(34)32-26-14-17(15-27-23(26)16-31-33-27)18-9-5-11-25-21(18)12-13-30-25/h1-16,30H,(H,31,33)(H,32,34). The molecule has 0 saturated carbocycles. The van der Waals surface area contributed by atoms with E-state index in [0.29, 0.717) is 16.3 Å². The third-order valence-electron chi connectivity index (χ3n) is 6.05. The average molecular weight is 463 g/mol. The zero-order valence-corrected chi connectivity index (χ0v) is 18.7. The molecule has 0 bridgehead atoms. The van der Waals surface area contributed by atoms with E-state index in [1.165, 1.54) is 0 Å². The van der Waals surface area contributed by atoms with Crippen molar-refractivity contribution < 1.29 is 4.79 Å². The Morgan fingerprint density at radius 2 is 1.59 bits per heavy atom. The van der Waals surface area contributed by atoms with Gasteiger partial charge in [-0.15, -0.1) is 0 Å². The summed E-state index contributed by atoms with van der Waals surface area (Å²) in [6.07, 6.45) is 3.66. The Hall–Kier alpha value is -4.35. The van der Waals surface area contributed by atoms with Crippen LogP contribution in [0.4, 0.5) is 5.69 Å². The van der Waals surface area contributed by atoms with Gasteiger partial charge in [-0.25, -0.2) is 0 Å². The van der Waals surface area contributed by atoms with E-state index >= 15 is 0 Å². The minimum absolute atomic E-state index is 0.213. The summed E-state index contributed by atoms with van der Waals surface area (Å²) >= 11 is 6.44. The second kappa shape index (κ2) is 8.21. The molecule has 0 radical (unpaired) electrons. The van der Waals surface area contributed by atoms with E-state index in [-0.39, 0.29) is 5.91 Å². The van der Waals surface area contributed by atoms with Crippen LogP contribution in [0.15, 0.2) is 97.3 Å². The molecule has 0 aliphatic heterocycles. The van der Waals surface area contributed by atoms with Gasteiger partial charge < -0.3 is 10.3 Å². The number of hydrogen-bond donors (Lipinski definition) is 3. The number of carbonyl (C=O) groups excluding carboxylic acids is 1. The predicted octanol–water partition coefficient (Wildman–Crippen LogP) is 7.28. The molecule has 1 amide bonds. The Morgan fingerprint density at radius 1 is 0.794 bits per heavy atom. The molecule has 5 nitrogen and oxygen atoms in total. The maximum Gasteiger partial charge on any atom is 0.256 e. The molecule has 0 fully saturated rings. The van der Waals surface area contributed by atoms with Crippen molar-refractivity contribution in [2.45, 2.75) is 0 Å². The Bertz CT molecular complexity index is 1680. The molecule has 0 spiro atoms. The second-order valence-corrected chi connectivity index (χ2v) is 8.49. The van der Waals surface area contributed by atoms with Crippen LogP contribution in [0, 0.1) is 0 Å². The van der Waals surface area contributed by atoms with Crippen LogP contribution in [-0.2, 0) is 0 Å². The summed E-state index contributed by atoms with van der Waals surface area (Å²) in [7, 11) is 0. The number of carbonyl (C=O) groups is 1. The van der Waals surface area contributed by atoms with Crippen LogP contribution in [0.1, 0.15) is 10.4 Å². The van der Waals surface area contributed by atoms with E-state index in [2.05, 4.69) is 38.7 Å². The first kappa shape index (κ1) is 20.3. The largest absolute Gasteiger partial charge is 0.361 e. The molecule has 0 saturated heterocycles. The summed E-state index contributed by atoms with van der Waals surface area (Å²) < 4.78 is 0. The lowest BCUT2D eigenvalue weighted by atomic mass is 9.98. The van der Waals surface area contributed by atoms with Gasteiger partial charge in [0.2, 0.25) is 0 Å².